The Morgan fingerprint density at radius 3 is 2.28 bits per heavy atom. The molecule has 1 aliphatic rings. The molecule has 2 N–H and O–H groups in total. The number of carbonyl (C=O) groups excluding carboxylic acids is 2. The fourth-order valence-corrected chi connectivity index (χ4v) is 3.17. The van der Waals surface area contributed by atoms with Crippen LogP contribution in [0.5, 0.6) is 0 Å². The Kier molecular flexibility index (Phi) is 5.85. The van der Waals surface area contributed by atoms with Crippen LogP contribution in [0.1, 0.15) is 32.3 Å². The van der Waals surface area contributed by atoms with Crippen molar-refractivity contribution in [3.63, 3.8) is 0 Å². The highest BCUT2D eigenvalue weighted by molar-refractivity contribution is 5.99. The number of carbonyl (C=O) groups is 2. The Morgan fingerprint density at radius 2 is 1.76 bits per heavy atom. The SMILES string of the molecule is CCOC(=O)C1=C(C)N(CC)C(N)=C(C(=O)OC)C1c1ccccc1. The molecule has 0 radical (unpaired) electrons. The molecule has 0 amide bonds. The molecule has 25 heavy (non-hydrogen) atoms. The van der Waals surface area contributed by atoms with Gasteiger partial charge >= 0.3 is 11.9 Å². The largest absolute Gasteiger partial charge is 0.466 e. The van der Waals surface area contributed by atoms with Crippen LogP contribution in [0, 0.1) is 0 Å². The fourth-order valence-electron chi connectivity index (χ4n) is 3.17. The zero-order valence-corrected chi connectivity index (χ0v) is 15.0. The highest BCUT2D eigenvalue weighted by Gasteiger charge is 2.40. The lowest BCUT2D eigenvalue weighted by atomic mass is 9.80. The minimum Gasteiger partial charge on any atom is -0.466 e. The van der Waals surface area contributed by atoms with Crippen molar-refractivity contribution in [1.82, 2.24) is 4.90 Å². The van der Waals surface area contributed by atoms with Gasteiger partial charge in [-0.2, -0.15) is 0 Å². The second kappa shape index (κ2) is 7.88. The van der Waals surface area contributed by atoms with Crippen molar-refractivity contribution in [2.75, 3.05) is 20.3 Å². The number of ether oxygens (including phenoxy) is 2. The minimum atomic E-state index is -0.629. The Hall–Kier alpha value is -2.76. The molecule has 0 spiro atoms. The first-order chi connectivity index (χ1) is 12.0. The summed E-state index contributed by atoms with van der Waals surface area (Å²) in [4.78, 5) is 26.9. The van der Waals surface area contributed by atoms with E-state index in [1.165, 1.54) is 7.11 Å². The number of rotatable bonds is 5. The molecule has 134 valence electrons. The lowest BCUT2D eigenvalue weighted by molar-refractivity contribution is -0.139. The fraction of sp³-hybridized carbons (Fsp3) is 0.368. The van der Waals surface area contributed by atoms with Crippen LogP contribution in [-0.2, 0) is 19.1 Å². The number of hydrogen-bond acceptors (Lipinski definition) is 6. The van der Waals surface area contributed by atoms with Crippen LogP contribution in [0.3, 0.4) is 0 Å². The topological polar surface area (TPSA) is 81.9 Å². The Morgan fingerprint density at radius 1 is 1.12 bits per heavy atom. The smallest absolute Gasteiger partial charge is 0.338 e. The van der Waals surface area contributed by atoms with E-state index < -0.39 is 17.9 Å². The number of nitrogens with zero attached hydrogens (tertiary/aromatic N) is 1. The van der Waals surface area contributed by atoms with Gasteiger partial charge in [0.1, 0.15) is 5.82 Å². The molecule has 1 aromatic carbocycles. The molecule has 1 aromatic rings. The third kappa shape index (κ3) is 3.38. The van der Waals surface area contributed by atoms with E-state index in [0.29, 0.717) is 23.6 Å². The zero-order chi connectivity index (χ0) is 18.6. The third-order valence-electron chi connectivity index (χ3n) is 4.29. The van der Waals surface area contributed by atoms with Gasteiger partial charge in [-0.05, 0) is 26.3 Å². The quantitative estimate of drug-likeness (QED) is 0.825. The van der Waals surface area contributed by atoms with Crippen LogP contribution >= 0.6 is 0 Å². The molecule has 0 aromatic heterocycles. The van der Waals surface area contributed by atoms with E-state index in [2.05, 4.69) is 0 Å². The molecule has 1 atom stereocenters. The van der Waals surface area contributed by atoms with Gasteiger partial charge in [0.25, 0.3) is 0 Å². The van der Waals surface area contributed by atoms with Gasteiger partial charge < -0.3 is 20.1 Å². The number of methoxy groups -OCH3 is 1. The molecular formula is C19H24N2O4. The normalized spacial score (nSPS) is 17.6. The minimum absolute atomic E-state index is 0.246. The molecule has 0 bridgehead atoms. The molecule has 0 saturated heterocycles. The molecular weight excluding hydrogens is 320 g/mol. The van der Waals surface area contributed by atoms with E-state index in [9.17, 15) is 9.59 Å². The Bertz CT molecular complexity index is 722. The third-order valence-corrected chi connectivity index (χ3v) is 4.29. The standard InChI is InChI=1S/C19H24N2O4/c1-5-21-12(3)14(19(23)25-6-2)15(13-10-8-7-9-11-13)16(17(21)20)18(22)24-4/h7-11,15H,5-6,20H2,1-4H3. The molecule has 6 nitrogen and oxygen atoms in total. The van der Waals surface area contributed by atoms with Crippen LogP contribution < -0.4 is 5.73 Å². The maximum atomic E-state index is 12.7. The summed E-state index contributed by atoms with van der Waals surface area (Å²) < 4.78 is 10.2. The first-order valence-corrected chi connectivity index (χ1v) is 8.26. The van der Waals surface area contributed by atoms with Crippen LogP contribution in [0.4, 0.5) is 0 Å². The van der Waals surface area contributed by atoms with Crippen molar-refractivity contribution in [2.45, 2.75) is 26.7 Å². The maximum absolute atomic E-state index is 12.7. The summed E-state index contributed by atoms with van der Waals surface area (Å²) in [7, 11) is 1.30. The molecule has 0 aliphatic carbocycles. The van der Waals surface area contributed by atoms with Crippen molar-refractivity contribution in [2.24, 2.45) is 5.73 Å². The van der Waals surface area contributed by atoms with Crippen molar-refractivity contribution in [3.05, 3.63) is 58.6 Å². The highest BCUT2D eigenvalue weighted by atomic mass is 16.5. The second-order valence-corrected chi connectivity index (χ2v) is 5.60. The number of nitrogens with two attached hydrogens (primary N) is 1. The first-order valence-electron chi connectivity index (χ1n) is 8.26. The molecule has 1 aliphatic heterocycles. The van der Waals surface area contributed by atoms with Gasteiger partial charge in [-0.3, -0.25) is 0 Å². The summed E-state index contributed by atoms with van der Waals surface area (Å²) in [5, 5.41) is 0. The maximum Gasteiger partial charge on any atom is 0.338 e. The molecule has 1 heterocycles. The van der Waals surface area contributed by atoms with Crippen LogP contribution in [0.2, 0.25) is 0 Å². The summed E-state index contributed by atoms with van der Waals surface area (Å²) in [6.45, 7) is 6.22. The van der Waals surface area contributed by atoms with E-state index in [4.69, 9.17) is 15.2 Å². The average molecular weight is 344 g/mol. The molecule has 1 unspecified atom stereocenters. The zero-order valence-electron chi connectivity index (χ0n) is 15.0. The van der Waals surface area contributed by atoms with Gasteiger partial charge in [-0.1, -0.05) is 30.3 Å². The van der Waals surface area contributed by atoms with E-state index in [-0.39, 0.29) is 12.2 Å². The molecule has 0 saturated carbocycles. The van der Waals surface area contributed by atoms with Crippen molar-refractivity contribution in [3.8, 4) is 0 Å². The monoisotopic (exact) mass is 344 g/mol. The molecule has 2 rings (SSSR count). The van der Waals surface area contributed by atoms with Crippen molar-refractivity contribution in [1.29, 1.82) is 0 Å². The lowest BCUT2D eigenvalue weighted by Gasteiger charge is -2.36. The summed E-state index contributed by atoms with van der Waals surface area (Å²) in [6.07, 6.45) is 0. The van der Waals surface area contributed by atoms with Gasteiger partial charge in [0.05, 0.1) is 30.8 Å². The van der Waals surface area contributed by atoms with Crippen molar-refractivity contribution >= 4 is 11.9 Å². The highest BCUT2D eigenvalue weighted by Crippen LogP contribution is 2.41. The predicted octanol–water partition coefficient (Wildman–Crippen LogP) is 2.29. The van der Waals surface area contributed by atoms with Crippen LogP contribution in [0.25, 0.3) is 0 Å². The Balaban J connectivity index is 2.74. The molecule has 0 fully saturated rings. The average Bonchev–Trinajstić information content (AvgIpc) is 2.61. The van der Waals surface area contributed by atoms with Gasteiger partial charge in [0.2, 0.25) is 0 Å². The number of allylic oxidation sites excluding steroid dienone is 1. The predicted molar refractivity (Wildman–Crippen MR) is 94.1 cm³/mol. The Labute approximate surface area is 147 Å². The van der Waals surface area contributed by atoms with E-state index in [1.54, 1.807) is 11.8 Å². The van der Waals surface area contributed by atoms with E-state index in [0.717, 1.165) is 5.56 Å². The summed E-state index contributed by atoms with van der Waals surface area (Å²) in [5.41, 5.74) is 8.41. The van der Waals surface area contributed by atoms with Crippen LogP contribution in [-0.4, -0.2) is 37.1 Å². The van der Waals surface area contributed by atoms with E-state index >= 15 is 0 Å². The number of benzene rings is 1. The van der Waals surface area contributed by atoms with E-state index in [1.807, 2.05) is 44.2 Å². The van der Waals surface area contributed by atoms with Crippen LogP contribution in [0.15, 0.2) is 53.0 Å². The number of esters is 2. The van der Waals surface area contributed by atoms with Gasteiger partial charge in [-0.25, -0.2) is 9.59 Å². The number of hydrogen-bond donors (Lipinski definition) is 1. The summed E-state index contributed by atoms with van der Waals surface area (Å²) in [5.74, 6) is -1.34. The summed E-state index contributed by atoms with van der Waals surface area (Å²) in [6, 6.07) is 9.29. The van der Waals surface area contributed by atoms with Gasteiger partial charge in [0, 0.05) is 12.2 Å². The van der Waals surface area contributed by atoms with Gasteiger partial charge in [-0.15, -0.1) is 0 Å². The second-order valence-electron chi connectivity index (χ2n) is 5.60. The molecule has 6 heteroatoms. The lowest BCUT2D eigenvalue weighted by Crippen LogP contribution is -2.39. The first kappa shape index (κ1) is 18.6. The summed E-state index contributed by atoms with van der Waals surface area (Å²) >= 11 is 0. The van der Waals surface area contributed by atoms with Gasteiger partial charge in [0.15, 0.2) is 0 Å². The van der Waals surface area contributed by atoms with Crippen molar-refractivity contribution < 1.29 is 19.1 Å².